The molecule has 1 aromatic carbocycles. The lowest BCUT2D eigenvalue weighted by molar-refractivity contribution is 0.0697. The summed E-state index contributed by atoms with van der Waals surface area (Å²) in [6.45, 7) is 0. The molecule has 0 radical (unpaired) electrons. The number of carbonyl (C=O) groups is 2. The average Bonchev–Trinajstić information content (AvgIpc) is 2.41. The maximum Gasteiger partial charge on any atom is 0.337 e. The van der Waals surface area contributed by atoms with Crippen LogP contribution in [0, 0.1) is 5.82 Å². The molecule has 1 heterocycles. The second-order valence-corrected chi connectivity index (χ2v) is 3.87. The number of aromatic nitrogens is 1. The number of aromatic amines is 1. The van der Waals surface area contributed by atoms with Crippen molar-refractivity contribution in [2.75, 3.05) is 5.32 Å². The minimum Gasteiger partial charge on any atom is -0.478 e. The predicted octanol–water partition coefficient (Wildman–Crippen LogP) is 1.46. The molecule has 0 aliphatic heterocycles. The van der Waals surface area contributed by atoms with Crippen LogP contribution in [0.15, 0.2) is 41.5 Å². The fraction of sp³-hybridized carbons (Fsp3) is 0. The summed E-state index contributed by atoms with van der Waals surface area (Å²) in [6.07, 6.45) is 2.56. The zero-order valence-corrected chi connectivity index (χ0v) is 10.0. The number of benzene rings is 1. The Labute approximate surface area is 111 Å². The van der Waals surface area contributed by atoms with E-state index in [4.69, 9.17) is 5.11 Å². The molecule has 1 amide bonds. The van der Waals surface area contributed by atoms with Crippen LogP contribution in [0.1, 0.15) is 20.7 Å². The van der Waals surface area contributed by atoms with Gasteiger partial charge in [-0.3, -0.25) is 9.59 Å². The lowest BCUT2D eigenvalue weighted by atomic mass is 10.1. The number of H-pyrrole nitrogens is 1. The molecule has 0 spiro atoms. The average molecular weight is 276 g/mol. The minimum absolute atomic E-state index is 0.0906. The lowest BCUT2D eigenvalue weighted by Gasteiger charge is -2.08. The van der Waals surface area contributed by atoms with E-state index in [1.54, 1.807) is 0 Å². The number of pyridine rings is 1. The molecule has 0 saturated heterocycles. The van der Waals surface area contributed by atoms with E-state index in [1.807, 2.05) is 0 Å². The van der Waals surface area contributed by atoms with Gasteiger partial charge in [-0.25, -0.2) is 9.18 Å². The molecule has 6 nitrogen and oxygen atoms in total. The smallest absolute Gasteiger partial charge is 0.337 e. The summed E-state index contributed by atoms with van der Waals surface area (Å²) in [6, 6.07) is 4.08. The molecule has 7 heteroatoms. The van der Waals surface area contributed by atoms with Crippen LogP contribution in [-0.2, 0) is 0 Å². The first-order valence-electron chi connectivity index (χ1n) is 5.50. The quantitative estimate of drug-likeness (QED) is 0.790. The first-order chi connectivity index (χ1) is 9.49. The van der Waals surface area contributed by atoms with Crippen molar-refractivity contribution in [2.24, 2.45) is 0 Å². The van der Waals surface area contributed by atoms with Crippen molar-refractivity contribution >= 4 is 17.6 Å². The Morgan fingerprint density at radius 3 is 2.60 bits per heavy atom. The first-order valence-corrected chi connectivity index (χ1v) is 5.50. The largest absolute Gasteiger partial charge is 0.478 e. The number of anilines is 1. The van der Waals surface area contributed by atoms with Gasteiger partial charge < -0.3 is 15.4 Å². The number of carboxylic acids is 1. The van der Waals surface area contributed by atoms with Crippen LogP contribution in [0.4, 0.5) is 10.1 Å². The monoisotopic (exact) mass is 276 g/mol. The van der Waals surface area contributed by atoms with Crippen molar-refractivity contribution in [1.29, 1.82) is 0 Å². The van der Waals surface area contributed by atoms with Gasteiger partial charge >= 0.3 is 5.97 Å². The molecule has 0 unspecified atom stereocenters. The van der Waals surface area contributed by atoms with Crippen LogP contribution >= 0.6 is 0 Å². The Bertz CT molecular complexity index is 739. The van der Waals surface area contributed by atoms with Crippen molar-refractivity contribution in [3.63, 3.8) is 0 Å². The summed E-state index contributed by atoms with van der Waals surface area (Å²) < 4.78 is 13.0. The molecule has 1 aromatic heterocycles. The molecule has 0 fully saturated rings. The fourth-order valence-corrected chi connectivity index (χ4v) is 1.59. The Morgan fingerprint density at radius 2 is 1.95 bits per heavy atom. The molecule has 0 saturated carbocycles. The van der Waals surface area contributed by atoms with Crippen LogP contribution in [0.25, 0.3) is 0 Å². The predicted molar refractivity (Wildman–Crippen MR) is 68.4 cm³/mol. The van der Waals surface area contributed by atoms with Crippen LogP contribution in [-0.4, -0.2) is 22.0 Å². The number of carboxylic acid groups (broad SMARTS) is 1. The number of hydrogen-bond donors (Lipinski definition) is 3. The van der Waals surface area contributed by atoms with E-state index in [9.17, 15) is 18.8 Å². The van der Waals surface area contributed by atoms with Gasteiger partial charge in [0.2, 0.25) is 0 Å². The van der Waals surface area contributed by atoms with Gasteiger partial charge in [-0.15, -0.1) is 0 Å². The second-order valence-electron chi connectivity index (χ2n) is 3.87. The molecule has 20 heavy (non-hydrogen) atoms. The number of rotatable bonds is 3. The molecular formula is C13H9FN2O4. The molecule has 0 aliphatic carbocycles. The zero-order chi connectivity index (χ0) is 14.7. The third kappa shape index (κ3) is 2.72. The van der Waals surface area contributed by atoms with Crippen molar-refractivity contribution in [1.82, 2.24) is 4.98 Å². The number of halogens is 1. The Kier molecular flexibility index (Phi) is 3.60. The molecule has 2 rings (SSSR count). The number of nitrogens with one attached hydrogen (secondary N) is 2. The van der Waals surface area contributed by atoms with E-state index in [1.165, 1.54) is 12.4 Å². The van der Waals surface area contributed by atoms with Gasteiger partial charge in [-0.1, -0.05) is 0 Å². The number of aromatic carboxylic acids is 1. The first kappa shape index (κ1) is 13.5. The topological polar surface area (TPSA) is 99.3 Å². The number of hydrogen-bond acceptors (Lipinski definition) is 3. The summed E-state index contributed by atoms with van der Waals surface area (Å²) >= 11 is 0. The van der Waals surface area contributed by atoms with E-state index in [0.29, 0.717) is 0 Å². The van der Waals surface area contributed by atoms with E-state index in [2.05, 4.69) is 10.3 Å². The highest BCUT2D eigenvalue weighted by molar-refractivity contribution is 6.07. The van der Waals surface area contributed by atoms with Gasteiger partial charge in [0.15, 0.2) is 5.43 Å². The highest BCUT2D eigenvalue weighted by atomic mass is 19.1. The summed E-state index contributed by atoms with van der Waals surface area (Å²) in [5, 5.41) is 11.2. The van der Waals surface area contributed by atoms with E-state index in [-0.39, 0.29) is 11.3 Å². The summed E-state index contributed by atoms with van der Waals surface area (Å²) in [5.74, 6) is -2.90. The van der Waals surface area contributed by atoms with Crippen molar-refractivity contribution in [2.45, 2.75) is 0 Å². The molecule has 0 atom stereocenters. The Hall–Kier alpha value is -2.96. The van der Waals surface area contributed by atoms with E-state index < -0.39 is 28.7 Å². The minimum atomic E-state index is -1.39. The van der Waals surface area contributed by atoms with Gasteiger partial charge in [-0.2, -0.15) is 0 Å². The molecule has 0 bridgehead atoms. The number of amides is 1. The Morgan fingerprint density at radius 1 is 1.20 bits per heavy atom. The SMILES string of the molecule is O=C(O)c1cc(F)ccc1NC(=O)c1c[nH]ccc1=O. The highest BCUT2D eigenvalue weighted by Gasteiger charge is 2.16. The summed E-state index contributed by atoms with van der Waals surface area (Å²) in [7, 11) is 0. The van der Waals surface area contributed by atoms with Crippen molar-refractivity contribution in [3.8, 4) is 0 Å². The van der Waals surface area contributed by atoms with Crippen molar-refractivity contribution < 1.29 is 19.1 Å². The van der Waals surface area contributed by atoms with Gasteiger partial charge in [0, 0.05) is 18.5 Å². The molecule has 2 aromatic rings. The molecule has 0 aliphatic rings. The van der Waals surface area contributed by atoms with Gasteiger partial charge in [0.05, 0.1) is 11.3 Å². The van der Waals surface area contributed by atoms with Crippen LogP contribution in [0.3, 0.4) is 0 Å². The summed E-state index contributed by atoms with van der Waals surface area (Å²) in [5.41, 5.74) is -1.17. The van der Waals surface area contributed by atoms with Crippen LogP contribution < -0.4 is 10.7 Å². The van der Waals surface area contributed by atoms with Gasteiger partial charge in [-0.05, 0) is 18.2 Å². The standard InChI is InChI=1S/C13H9FN2O4/c14-7-1-2-10(8(5-7)13(19)20)16-12(18)9-6-15-4-3-11(9)17/h1-6H,(H,15,17)(H,16,18)(H,19,20). The van der Waals surface area contributed by atoms with E-state index in [0.717, 1.165) is 24.3 Å². The third-order valence-corrected chi connectivity index (χ3v) is 2.53. The van der Waals surface area contributed by atoms with Gasteiger partial charge in [0.25, 0.3) is 5.91 Å². The van der Waals surface area contributed by atoms with Gasteiger partial charge in [0.1, 0.15) is 11.4 Å². The maximum absolute atomic E-state index is 13.0. The third-order valence-electron chi connectivity index (χ3n) is 2.53. The fourth-order valence-electron chi connectivity index (χ4n) is 1.59. The normalized spacial score (nSPS) is 10.1. The Balaban J connectivity index is 2.36. The molecule has 3 N–H and O–H groups in total. The highest BCUT2D eigenvalue weighted by Crippen LogP contribution is 2.17. The lowest BCUT2D eigenvalue weighted by Crippen LogP contribution is -2.22. The van der Waals surface area contributed by atoms with Crippen LogP contribution in [0.5, 0.6) is 0 Å². The zero-order valence-electron chi connectivity index (χ0n) is 10.0. The summed E-state index contributed by atoms with van der Waals surface area (Å²) in [4.78, 5) is 36.9. The van der Waals surface area contributed by atoms with E-state index >= 15 is 0 Å². The van der Waals surface area contributed by atoms with Crippen LogP contribution in [0.2, 0.25) is 0 Å². The second kappa shape index (κ2) is 5.35. The van der Waals surface area contributed by atoms with Crippen molar-refractivity contribution in [3.05, 3.63) is 63.8 Å². The molecule has 102 valence electrons. The number of carbonyl (C=O) groups excluding carboxylic acids is 1. The maximum atomic E-state index is 13.0. The molecular weight excluding hydrogens is 267 g/mol.